The molecule has 156 valence electrons. The molecule has 0 saturated carbocycles. The molecule has 30 heavy (non-hydrogen) atoms. The molecule has 1 N–H and O–H groups in total. The molecule has 1 unspecified atom stereocenters. The number of rotatable bonds is 7. The van der Waals surface area contributed by atoms with Crippen molar-refractivity contribution in [3.05, 3.63) is 90.0 Å². The quantitative estimate of drug-likeness (QED) is 0.659. The van der Waals surface area contributed by atoms with Gasteiger partial charge in [-0.15, -0.1) is 0 Å². The maximum Gasteiger partial charge on any atom is 0.251 e. The second kappa shape index (κ2) is 9.69. The maximum atomic E-state index is 13.0. The van der Waals surface area contributed by atoms with Crippen LogP contribution < -0.4 is 5.32 Å². The third-order valence-corrected chi connectivity index (χ3v) is 5.68. The molecule has 2 heterocycles. The summed E-state index contributed by atoms with van der Waals surface area (Å²) in [5, 5.41) is 3.26. The Balaban J connectivity index is 1.43. The van der Waals surface area contributed by atoms with Crippen LogP contribution in [0.15, 0.2) is 73.3 Å². The highest BCUT2D eigenvalue weighted by Crippen LogP contribution is 2.17. The summed E-state index contributed by atoms with van der Waals surface area (Å²) in [7, 11) is 2.16. The number of imidazole rings is 1. The predicted molar refractivity (Wildman–Crippen MR) is 118 cm³/mol. The summed E-state index contributed by atoms with van der Waals surface area (Å²) in [6.07, 6.45) is 5.50. The number of nitrogens with one attached hydrogen (secondary N) is 1. The SMILES string of the molecule is CN1CCN(CC(NC(=O)c2ccc(Cn3ccnc3)cc2)c2ccccc2)CC1. The summed E-state index contributed by atoms with van der Waals surface area (Å²) in [4.78, 5) is 21.8. The number of likely N-dealkylation sites (N-methyl/N-ethyl adjacent to an activating group) is 1. The van der Waals surface area contributed by atoms with Crippen molar-refractivity contribution >= 4 is 5.91 Å². The molecule has 6 heteroatoms. The minimum atomic E-state index is -0.0350. The van der Waals surface area contributed by atoms with Gasteiger partial charge in [-0.2, -0.15) is 0 Å². The molecular formula is C24H29N5O. The predicted octanol–water partition coefficient (Wildman–Crippen LogP) is 2.65. The molecule has 1 fully saturated rings. The van der Waals surface area contributed by atoms with Crippen molar-refractivity contribution in [3.8, 4) is 0 Å². The van der Waals surface area contributed by atoms with Gasteiger partial charge in [-0.3, -0.25) is 9.69 Å². The van der Waals surface area contributed by atoms with Gasteiger partial charge in [0.1, 0.15) is 0 Å². The fourth-order valence-electron chi connectivity index (χ4n) is 3.80. The van der Waals surface area contributed by atoms with E-state index in [-0.39, 0.29) is 11.9 Å². The topological polar surface area (TPSA) is 53.4 Å². The van der Waals surface area contributed by atoms with Gasteiger partial charge in [-0.1, -0.05) is 42.5 Å². The lowest BCUT2D eigenvalue weighted by Crippen LogP contribution is -2.47. The van der Waals surface area contributed by atoms with Gasteiger partial charge < -0.3 is 14.8 Å². The summed E-state index contributed by atoms with van der Waals surface area (Å²) >= 11 is 0. The fourth-order valence-corrected chi connectivity index (χ4v) is 3.80. The molecule has 0 radical (unpaired) electrons. The van der Waals surface area contributed by atoms with E-state index in [1.165, 1.54) is 0 Å². The largest absolute Gasteiger partial charge is 0.344 e. The number of amides is 1. The second-order valence-corrected chi connectivity index (χ2v) is 7.97. The van der Waals surface area contributed by atoms with Crippen molar-refractivity contribution in [2.24, 2.45) is 0 Å². The molecule has 1 amide bonds. The van der Waals surface area contributed by atoms with Crippen LogP contribution in [0.4, 0.5) is 0 Å². The van der Waals surface area contributed by atoms with E-state index in [2.05, 4.69) is 39.3 Å². The van der Waals surface area contributed by atoms with Crippen LogP contribution in [0.3, 0.4) is 0 Å². The highest BCUT2D eigenvalue weighted by Gasteiger charge is 2.21. The highest BCUT2D eigenvalue weighted by molar-refractivity contribution is 5.94. The summed E-state index contributed by atoms with van der Waals surface area (Å²) in [5.41, 5.74) is 2.96. The molecule has 1 atom stereocenters. The van der Waals surface area contributed by atoms with Crippen molar-refractivity contribution in [1.82, 2.24) is 24.7 Å². The first kappa shape index (κ1) is 20.3. The molecule has 1 saturated heterocycles. The first-order valence-electron chi connectivity index (χ1n) is 10.5. The second-order valence-electron chi connectivity index (χ2n) is 7.97. The third-order valence-electron chi connectivity index (χ3n) is 5.68. The van der Waals surface area contributed by atoms with E-state index < -0.39 is 0 Å². The van der Waals surface area contributed by atoms with Crippen LogP contribution in [0, 0.1) is 0 Å². The molecule has 0 aliphatic carbocycles. The number of piperazine rings is 1. The van der Waals surface area contributed by atoms with E-state index in [9.17, 15) is 4.79 Å². The first-order valence-corrected chi connectivity index (χ1v) is 10.5. The van der Waals surface area contributed by atoms with Crippen LogP contribution in [0.1, 0.15) is 27.5 Å². The smallest absolute Gasteiger partial charge is 0.251 e. The van der Waals surface area contributed by atoms with Crippen LogP contribution in [-0.4, -0.2) is 65.0 Å². The normalized spacial score (nSPS) is 16.3. The molecule has 6 nitrogen and oxygen atoms in total. The van der Waals surface area contributed by atoms with Crippen LogP contribution in [0.2, 0.25) is 0 Å². The van der Waals surface area contributed by atoms with Crippen molar-refractivity contribution in [3.63, 3.8) is 0 Å². The fraction of sp³-hybridized carbons (Fsp3) is 0.333. The Morgan fingerprint density at radius 3 is 2.43 bits per heavy atom. The molecule has 1 aromatic heterocycles. The van der Waals surface area contributed by atoms with Crippen LogP contribution in [-0.2, 0) is 6.54 Å². The van der Waals surface area contributed by atoms with Gasteiger partial charge in [-0.05, 0) is 30.3 Å². The monoisotopic (exact) mass is 403 g/mol. The minimum absolute atomic E-state index is 0.0345. The Labute approximate surface area is 178 Å². The van der Waals surface area contributed by atoms with E-state index in [0.717, 1.165) is 50.4 Å². The van der Waals surface area contributed by atoms with E-state index in [4.69, 9.17) is 0 Å². The molecule has 4 rings (SSSR count). The minimum Gasteiger partial charge on any atom is -0.344 e. The Morgan fingerprint density at radius 2 is 1.77 bits per heavy atom. The zero-order valence-electron chi connectivity index (χ0n) is 17.4. The van der Waals surface area contributed by atoms with Crippen LogP contribution in [0.25, 0.3) is 0 Å². The van der Waals surface area contributed by atoms with Gasteiger partial charge in [0, 0.05) is 57.2 Å². The third kappa shape index (κ3) is 5.34. The van der Waals surface area contributed by atoms with E-state index in [1.54, 1.807) is 12.5 Å². The van der Waals surface area contributed by atoms with E-state index in [0.29, 0.717) is 5.56 Å². The van der Waals surface area contributed by atoms with Crippen molar-refractivity contribution < 1.29 is 4.79 Å². The highest BCUT2D eigenvalue weighted by atomic mass is 16.1. The van der Waals surface area contributed by atoms with Gasteiger partial charge in [0.05, 0.1) is 12.4 Å². The van der Waals surface area contributed by atoms with E-state index >= 15 is 0 Å². The number of benzene rings is 2. The summed E-state index contributed by atoms with van der Waals surface area (Å²) < 4.78 is 2.01. The standard InChI is InChI=1S/C24H29N5O/c1-27-13-15-28(16-14-27)18-23(21-5-3-2-4-6-21)26-24(30)22-9-7-20(8-10-22)17-29-12-11-25-19-29/h2-12,19,23H,13-18H2,1H3,(H,26,30). The summed E-state index contributed by atoms with van der Waals surface area (Å²) in [6, 6.07) is 18.0. The van der Waals surface area contributed by atoms with Crippen LogP contribution in [0.5, 0.6) is 0 Å². The van der Waals surface area contributed by atoms with Gasteiger partial charge >= 0.3 is 0 Å². The number of nitrogens with zero attached hydrogens (tertiary/aromatic N) is 4. The molecule has 1 aliphatic rings. The number of carbonyl (C=O) groups is 1. The van der Waals surface area contributed by atoms with Crippen molar-refractivity contribution in [2.75, 3.05) is 39.8 Å². The van der Waals surface area contributed by atoms with Crippen molar-refractivity contribution in [2.45, 2.75) is 12.6 Å². The Kier molecular flexibility index (Phi) is 6.57. The summed E-state index contributed by atoms with van der Waals surface area (Å²) in [6.45, 7) is 5.75. The van der Waals surface area contributed by atoms with Crippen molar-refractivity contribution in [1.29, 1.82) is 0 Å². The average molecular weight is 404 g/mol. The molecule has 0 bridgehead atoms. The molecule has 0 spiro atoms. The summed E-state index contributed by atoms with van der Waals surface area (Å²) in [5.74, 6) is -0.0350. The number of carbonyl (C=O) groups excluding carboxylic acids is 1. The Bertz CT molecular complexity index is 916. The lowest BCUT2D eigenvalue weighted by Gasteiger charge is -2.35. The van der Waals surface area contributed by atoms with Gasteiger partial charge in [0.15, 0.2) is 0 Å². The molecule has 3 aromatic rings. The zero-order chi connectivity index (χ0) is 20.8. The lowest BCUT2D eigenvalue weighted by molar-refractivity contribution is 0.0907. The van der Waals surface area contributed by atoms with E-state index in [1.807, 2.05) is 53.2 Å². The van der Waals surface area contributed by atoms with Crippen LogP contribution >= 0.6 is 0 Å². The molecular weight excluding hydrogens is 374 g/mol. The van der Waals surface area contributed by atoms with Gasteiger partial charge in [0.25, 0.3) is 5.91 Å². The maximum absolute atomic E-state index is 13.0. The number of hydrogen-bond donors (Lipinski definition) is 1. The van der Waals surface area contributed by atoms with Gasteiger partial charge in [-0.25, -0.2) is 4.98 Å². The van der Waals surface area contributed by atoms with Gasteiger partial charge in [0.2, 0.25) is 0 Å². The number of hydrogen-bond acceptors (Lipinski definition) is 4. The number of aromatic nitrogens is 2. The average Bonchev–Trinajstić information content (AvgIpc) is 3.29. The molecule has 1 aliphatic heterocycles. The Hall–Kier alpha value is -2.96. The zero-order valence-corrected chi connectivity index (χ0v) is 17.4. The Morgan fingerprint density at radius 1 is 1.03 bits per heavy atom. The lowest BCUT2D eigenvalue weighted by atomic mass is 10.0. The molecule has 2 aromatic carbocycles. The first-order chi connectivity index (χ1) is 14.7.